The molecule has 0 fully saturated rings. The van der Waals surface area contributed by atoms with Gasteiger partial charge in [0.15, 0.2) is 5.78 Å². The van der Waals surface area contributed by atoms with E-state index >= 15 is 0 Å². The minimum absolute atomic E-state index is 0.0988. The number of Topliss-reactive ketones (excluding diaryl/α,β-unsaturated/α-hetero) is 1. The molecule has 0 saturated heterocycles. The maximum absolute atomic E-state index is 11.3. The molecule has 0 amide bonds. The summed E-state index contributed by atoms with van der Waals surface area (Å²) in [6, 6.07) is 5.74. The second-order valence-electron chi connectivity index (χ2n) is 3.33. The summed E-state index contributed by atoms with van der Waals surface area (Å²) in [5.41, 5.74) is 3.83. The van der Waals surface area contributed by atoms with Gasteiger partial charge < -0.3 is 0 Å². The molecule has 0 unspecified atom stereocenters. The van der Waals surface area contributed by atoms with Crippen LogP contribution in [0.4, 0.5) is 0 Å². The van der Waals surface area contributed by atoms with Gasteiger partial charge in [0.1, 0.15) is 0 Å². The Kier molecular flexibility index (Phi) is 2.66. The quantitative estimate of drug-likeness (QED) is 0.629. The van der Waals surface area contributed by atoms with Gasteiger partial charge in [-0.25, -0.2) is 0 Å². The molecule has 0 aliphatic heterocycles. The highest BCUT2D eigenvalue weighted by Crippen LogP contribution is 2.21. The summed E-state index contributed by atoms with van der Waals surface area (Å²) in [5, 5.41) is 0. The second-order valence-corrected chi connectivity index (χ2v) is 3.33. The van der Waals surface area contributed by atoms with Crippen molar-refractivity contribution >= 4 is 11.4 Å². The van der Waals surface area contributed by atoms with Crippen molar-refractivity contribution in [3.8, 4) is 0 Å². The third-order valence-corrected chi connectivity index (χ3v) is 2.08. The molecule has 0 aromatic heterocycles. The number of benzene rings is 1. The zero-order chi connectivity index (χ0) is 10.0. The van der Waals surface area contributed by atoms with E-state index in [0.717, 1.165) is 22.3 Å². The number of ketones is 1. The number of hydrogen-bond acceptors (Lipinski definition) is 1. The molecule has 0 saturated carbocycles. The molecule has 68 valence electrons. The van der Waals surface area contributed by atoms with Gasteiger partial charge in [0.25, 0.3) is 0 Å². The molecule has 0 heterocycles. The van der Waals surface area contributed by atoms with Crippen molar-refractivity contribution in [2.24, 2.45) is 0 Å². The topological polar surface area (TPSA) is 17.1 Å². The van der Waals surface area contributed by atoms with E-state index in [1.807, 2.05) is 32.0 Å². The molecular formula is C12H14O. The molecule has 1 nitrogen and oxygen atoms in total. The summed E-state index contributed by atoms with van der Waals surface area (Å²) in [6.07, 6.45) is 0. The van der Waals surface area contributed by atoms with Gasteiger partial charge in [-0.3, -0.25) is 4.79 Å². The first-order chi connectivity index (χ1) is 6.04. The standard InChI is InChI=1S/C12H14O/c1-8(2)12-9(3)6-5-7-11(12)10(4)13/h5-7H,1H2,2-4H3. The van der Waals surface area contributed by atoms with E-state index in [9.17, 15) is 4.79 Å². The van der Waals surface area contributed by atoms with Crippen LogP contribution in [0.25, 0.3) is 5.57 Å². The van der Waals surface area contributed by atoms with E-state index in [1.54, 1.807) is 6.92 Å². The fourth-order valence-corrected chi connectivity index (χ4v) is 1.53. The molecule has 0 N–H and O–H groups in total. The smallest absolute Gasteiger partial charge is 0.160 e. The lowest BCUT2D eigenvalue weighted by Gasteiger charge is -2.09. The SMILES string of the molecule is C=C(C)c1c(C)cccc1C(C)=O. The number of allylic oxidation sites excluding steroid dienone is 1. The number of carbonyl (C=O) groups excluding carboxylic acids is 1. The van der Waals surface area contributed by atoms with Crippen molar-refractivity contribution in [3.05, 3.63) is 41.5 Å². The Morgan fingerprint density at radius 2 is 1.92 bits per heavy atom. The summed E-state index contributed by atoms with van der Waals surface area (Å²) >= 11 is 0. The zero-order valence-electron chi connectivity index (χ0n) is 8.35. The number of aryl methyl sites for hydroxylation is 1. The molecule has 1 rings (SSSR count). The first kappa shape index (κ1) is 9.72. The normalized spacial score (nSPS) is 9.77. The van der Waals surface area contributed by atoms with E-state index in [4.69, 9.17) is 0 Å². The van der Waals surface area contributed by atoms with Gasteiger partial charge in [0.2, 0.25) is 0 Å². The van der Waals surface area contributed by atoms with Gasteiger partial charge >= 0.3 is 0 Å². The average Bonchev–Trinajstić information content (AvgIpc) is 2.02. The fraction of sp³-hybridized carbons (Fsp3) is 0.250. The summed E-state index contributed by atoms with van der Waals surface area (Å²) in [5.74, 6) is 0.0988. The van der Waals surface area contributed by atoms with Gasteiger partial charge in [-0.1, -0.05) is 30.4 Å². The second kappa shape index (κ2) is 3.56. The molecule has 1 heteroatoms. The minimum atomic E-state index is 0.0988. The van der Waals surface area contributed by atoms with Gasteiger partial charge in [-0.15, -0.1) is 0 Å². The van der Waals surface area contributed by atoms with Crippen molar-refractivity contribution < 1.29 is 4.79 Å². The lowest BCUT2D eigenvalue weighted by atomic mass is 9.95. The Morgan fingerprint density at radius 1 is 1.31 bits per heavy atom. The molecule has 0 bridgehead atoms. The van der Waals surface area contributed by atoms with Gasteiger partial charge in [0, 0.05) is 5.56 Å². The first-order valence-electron chi connectivity index (χ1n) is 4.30. The molecule has 0 radical (unpaired) electrons. The Bertz CT molecular complexity index is 361. The highest BCUT2D eigenvalue weighted by atomic mass is 16.1. The van der Waals surface area contributed by atoms with Crippen molar-refractivity contribution in [1.82, 2.24) is 0 Å². The van der Waals surface area contributed by atoms with E-state index in [-0.39, 0.29) is 5.78 Å². The lowest BCUT2D eigenvalue weighted by molar-refractivity contribution is 0.101. The molecule has 1 aromatic carbocycles. The van der Waals surface area contributed by atoms with Crippen LogP contribution in [0.3, 0.4) is 0 Å². The van der Waals surface area contributed by atoms with Crippen LogP contribution in [0.2, 0.25) is 0 Å². The number of carbonyl (C=O) groups is 1. The Hall–Kier alpha value is -1.37. The van der Waals surface area contributed by atoms with Crippen LogP contribution in [-0.2, 0) is 0 Å². The van der Waals surface area contributed by atoms with Crippen molar-refractivity contribution in [2.45, 2.75) is 20.8 Å². The molecule has 0 spiro atoms. The number of hydrogen-bond donors (Lipinski definition) is 0. The Balaban J connectivity index is 3.43. The summed E-state index contributed by atoms with van der Waals surface area (Å²) in [6.45, 7) is 9.38. The van der Waals surface area contributed by atoms with Gasteiger partial charge in [0.05, 0.1) is 0 Å². The zero-order valence-corrected chi connectivity index (χ0v) is 8.35. The van der Waals surface area contributed by atoms with Crippen molar-refractivity contribution in [1.29, 1.82) is 0 Å². The van der Waals surface area contributed by atoms with Crippen LogP contribution in [0.1, 0.15) is 35.3 Å². The molecule has 0 aliphatic carbocycles. The average molecular weight is 174 g/mol. The molecule has 13 heavy (non-hydrogen) atoms. The van der Waals surface area contributed by atoms with Gasteiger partial charge in [-0.05, 0) is 31.9 Å². The monoisotopic (exact) mass is 174 g/mol. The third kappa shape index (κ3) is 1.86. The minimum Gasteiger partial charge on any atom is -0.294 e. The highest BCUT2D eigenvalue weighted by Gasteiger charge is 2.08. The predicted octanol–water partition coefficient (Wildman–Crippen LogP) is 3.23. The highest BCUT2D eigenvalue weighted by molar-refractivity contribution is 5.99. The summed E-state index contributed by atoms with van der Waals surface area (Å²) < 4.78 is 0. The third-order valence-electron chi connectivity index (χ3n) is 2.08. The fourth-order valence-electron chi connectivity index (χ4n) is 1.53. The molecular weight excluding hydrogens is 160 g/mol. The van der Waals surface area contributed by atoms with Crippen molar-refractivity contribution in [3.63, 3.8) is 0 Å². The van der Waals surface area contributed by atoms with E-state index in [2.05, 4.69) is 6.58 Å². The van der Waals surface area contributed by atoms with Crippen LogP contribution in [0, 0.1) is 6.92 Å². The van der Waals surface area contributed by atoms with Crippen LogP contribution in [0.15, 0.2) is 24.8 Å². The molecule has 1 aromatic rings. The van der Waals surface area contributed by atoms with Crippen molar-refractivity contribution in [2.75, 3.05) is 0 Å². The summed E-state index contributed by atoms with van der Waals surface area (Å²) in [7, 11) is 0. The van der Waals surface area contributed by atoms with Crippen LogP contribution in [-0.4, -0.2) is 5.78 Å². The van der Waals surface area contributed by atoms with E-state index in [0.29, 0.717) is 0 Å². The van der Waals surface area contributed by atoms with E-state index < -0.39 is 0 Å². The maximum atomic E-state index is 11.3. The van der Waals surface area contributed by atoms with Gasteiger partial charge in [-0.2, -0.15) is 0 Å². The van der Waals surface area contributed by atoms with Crippen LogP contribution < -0.4 is 0 Å². The largest absolute Gasteiger partial charge is 0.294 e. The Labute approximate surface area is 79.1 Å². The molecule has 0 aliphatic rings. The Morgan fingerprint density at radius 3 is 2.31 bits per heavy atom. The summed E-state index contributed by atoms with van der Waals surface area (Å²) in [4.78, 5) is 11.3. The lowest BCUT2D eigenvalue weighted by Crippen LogP contribution is -1.99. The number of rotatable bonds is 2. The van der Waals surface area contributed by atoms with Crippen LogP contribution in [0.5, 0.6) is 0 Å². The predicted molar refractivity (Wildman–Crippen MR) is 55.9 cm³/mol. The maximum Gasteiger partial charge on any atom is 0.160 e. The van der Waals surface area contributed by atoms with E-state index in [1.165, 1.54) is 0 Å². The molecule has 0 atom stereocenters. The first-order valence-corrected chi connectivity index (χ1v) is 4.30. The van der Waals surface area contributed by atoms with Crippen LogP contribution >= 0.6 is 0 Å².